The second-order valence-corrected chi connectivity index (χ2v) is 4.74. The largest absolute Gasteiger partial charge is 0.294 e. The van der Waals surface area contributed by atoms with Gasteiger partial charge in [-0.3, -0.25) is 4.79 Å². The Morgan fingerprint density at radius 3 is 2.83 bits per heavy atom. The first-order valence-electron chi connectivity index (χ1n) is 3.70. The van der Waals surface area contributed by atoms with Crippen molar-refractivity contribution in [3.8, 4) is 0 Å². The molecule has 1 aromatic carbocycles. The van der Waals surface area contributed by atoms with Crippen LogP contribution < -0.4 is 0 Å². The third kappa shape index (κ3) is 1.23. The molecule has 0 saturated heterocycles. The molecule has 1 aromatic rings. The maximum absolute atomic E-state index is 11.3. The fourth-order valence-electron chi connectivity index (χ4n) is 1.47. The molecular weight excluding hydrogens is 331 g/mol. The first-order valence-corrected chi connectivity index (χ1v) is 5.57. The third-order valence-corrected chi connectivity index (χ3v) is 4.73. The lowest BCUT2D eigenvalue weighted by Gasteiger charge is -2.02. The summed E-state index contributed by atoms with van der Waals surface area (Å²) < 4.78 is 2.28. The van der Waals surface area contributed by atoms with Gasteiger partial charge in [-0.25, -0.2) is 0 Å². The summed E-state index contributed by atoms with van der Waals surface area (Å²) in [6.45, 7) is 0. The minimum atomic E-state index is 0.287. The molecule has 0 spiro atoms. The van der Waals surface area contributed by atoms with E-state index >= 15 is 0 Å². The normalized spacial score (nSPS) is 15.0. The number of rotatable bonds is 0. The molecule has 62 valence electrons. The fraction of sp³-hybridized carbons (Fsp3) is 0.222. The molecule has 1 aliphatic carbocycles. The summed E-state index contributed by atoms with van der Waals surface area (Å²) in [5.74, 6) is 0.287. The average Bonchev–Trinajstić information content (AvgIpc) is 2.41. The van der Waals surface area contributed by atoms with E-state index in [9.17, 15) is 4.79 Å². The number of hydrogen-bond donors (Lipinski definition) is 0. The van der Waals surface area contributed by atoms with Crippen LogP contribution in [0.4, 0.5) is 0 Å². The second-order valence-electron chi connectivity index (χ2n) is 2.81. The van der Waals surface area contributed by atoms with E-state index in [2.05, 4.69) is 38.5 Å². The molecule has 0 unspecified atom stereocenters. The van der Waals surface area contributed by atoms with Gasteiger partial charge in [0.1, 0.15) is 0 Å². The van der Waals surface area contributed by atoms with E-state index in [0.29, 0.717) is 6.42 Å². The van der Waals surface area contributed by atoms with E-state index in [4.69, 9.17) is 0 Å². The van der Waals surface area contributed by atoms with Crippen LogP contribution in [-0.4, -0.2) is 5.78 Å². The summed E-state index contributed by atoms with van der Waals surface area (Å²) in [7, 11) is 0. The van der Waals surface area contributed by atoms with Crippen LogP contribution in [0.3, 0.4) is 0 Å². The zero-order chi connectivity index (χ0) is 8.72. The summed E-state index contributed by atoms with van der Waals surface area (Å²) in [6, 6.07) is 3.86. The van der Waals surface area contributed by atoms with Gasteiger partial charge in [-0.2, -0.15) is 0 Å². The van der Waals surface area contributed by atoms with Gasteiger partial charge >= 0.3 is 0 Å². The van der Waals surface area contributed by atoms with Crippen molar-refractivity contribution in [1.82, 2.24) is 0 Å². The van der Waals surface area contributed by atoms with Gasteiger partial charge in [0.05, 0.1) is 0 Å². The van der Waals surface area contributed by atoms with Crippen molar-refractivity contribution >= 4 is 44.3 Å². The number of fused-ring (bicyclic) bond motifs is 1. The molecule has 0 fully saturated rings. The summed E-state index contributed by atoms with van der Waals surface area (Å²) >= 11 is 5.73. The first kappa shape index (κ1) is 8.69. The monoisotopic (exact) mass is 336 g/mol. The number of benzene rings is 1. The highest BCUT2D eigenvalue weighted by Gasteiger charge is 2.22. The van der Waals surface area contributed by atoms with E-state index in [0.717, 1.165) is 16.5 Å². The minimum absolute atomic E-state index is 0.287. The molecule has 0 aliphatic heterocycles. The first-order chi connectivity index (χ1) is 5.70. The summed E-state index contributed by atoms with van der Waals surface area (Å²) in [5.41, 5.74) is 2.14. The van der Waals surface area contributed by atoms with Crippen LogP contribution in [0.2, 0.25) is 0 Å². The lowest BCUT2D eigenvalue weighted by Crippen LogP contribution is -1.92. The van der Waals surface area contributed by atoms with Crippen LogP contribution in [0.5, 0.6) is 0 Å². The molecule has 0 radical (unpaired) electrons. The topological polar surface area (TPSA) is 17.1 Å². The zero-order valence-corrected chi connectivity index (χ0v) is 9.98. The van der Waals surface area contributed by atoms with Gasteiger partial charge in [-0.05, 0) is 62.6 Å². The predicted molar refractivity (Wildman–Crippen MR) is 59.5 cm³/mol. The van der Waals surface area contributed by atoms with Crippen LogP contribution in [-0.2, 0) is 6.42 Å². The molecule has 0 amide bonds. The second kappa shape index (κ2) is 3.10. The van der Waals surface area contributed by atoms with Gasteiger partial charge in [0.15, 0.2) is 5.78 Å². The predicted octanol–water partition coefficient (Wildman–Crippen LogP) is 3.18. The molecular formula is C9H6BrIO. The Morgan fingerprint density at radius 2 is 2.08 bits per heavy atom. The number of carbonyl (C=O) groups excluding carboxylic acids is 1. The van der Waals surface area contributed by atoms with Gasteiger partial charge in [0.25, 0.3) is 0 Å². The van der Waals surface area contributed by atoms with Crippen LogP contribution in [0, 0.1) is 3.57 Å². The van der Waals surface area contributed by atoms with Crippen molar-refractivity contribution in [2.45, 2.75) is 12.8 Å². The van der Waals surface area contributed by atoms with Crippen molar-refractivity contribution in [1.29, 1.82) is 0 Å². The maximum atomic E-state index is 11.3. The number of Topliss-reactive ketones (excluding diaryl/α,β-unsaturated/α-hetero) is 1. The molecule has 0 aromatic heterocycles. The van der Waals surface area contributed by atoms with Gasteiger partial charge in [-0.1, -0.05) is 0 Å². The Bertz CT molecular complexity index is 360. The highest BCUT2D eigenvalue weighted by Crippen LogP contribution is 2.31. The third-order valence-electron chi connectivity index (χ3n) is 2.10. The molecule has 12 heavy (non-hydrogen) atoms. The molecule has 2 rings (SSSR count). The number of carbonyl (C=O) groups is 1. The zero-order valence-electron chi connectivity index (χ0n) is 6.23. The average molecular weight is 337 g/mol. The fourth-order valence-corrected chi connectivity index (χ4v) is 2.58. The van der Waals surface area contributed by atoms with Crippen molar-refractivity contribution in [2.24, 2.45) is 0 Å². The SMILES string of the molecule is O=C1CCc2c1ccc(Br)c2I. The lowest BCUT2D eigenvalue weighted by molar-refractivity contribution is 0.0994. The van der Waals surface area contributed by atoms with Crippen LogP contribution in [0.15, 0.2) is 16.6 Å². The van der Waals surface area contributed by atoms with Crippen LogP contribution in [0.1, 0.15) is 22.3 Å². The lowest BCUT2D eigenvalue weighted by atomic mass is 10.1. The van der Waals surface area contributed by atoms with Gasteiger partial charge in [0, 0.05) is 20.0 Å². The quantitative estimate of drug-likeness (QED) is 0.665. The Hall–Kier alpha value is 0.1000. The minimum Gasteiger partial charge on any atom is -0.294 e. The summed E-state index contributed by atoms with van der Waals surface area (Å²) in [6.07, 6.45) is 1.59. The van der Waals surface area contributed by atoms with E-state index < -0.39 is 0 Å². The number of ketones is 1. The van der Waals surface area contributed by atoms with Crippen molar-refractivity contribution < 1.29 is 4.79 Å². The maximum Gasteiger partial charge on any atom is 0.163 e. The van der Waals surface area contributed by atoms with Crippen molar-refractivity contribution in [2.75, 3.05) is 0 Å². The molecule has 1 aliphatic rings. The van der Waals surface area contributed by atoms with E-state index in [-0.39, 0.29) is 5.78 Å². The molecule has 0 atom stereocenters. The van der Waals surface area contributed by atoms with E-state index in [1.807, 2.05) is 12.1 Å². The van der Waals surface area contributed by atoms with Crippen LogP contribution >= 0.6 is 38.5 Å². The molecule has 0 heterocycles. The highest BCUT2D eigenvalue weighted by molar-refractivity contribution is 14.1. The van der Waals surface area contributed by atoms with Crippen molar-refractivity contribution in [3.63, 3.8) is 0 Å². The molecule has 0 saturated carbocycles. The van der Waals surface area contributed by atoms with Crippen molar-refractivity contribution in [3.05, 3.63) is 31.3 Å². The molecule has 0 bridgehead atoms. The Kier molecular flexibility index (Phi) is 2.25. The standard InChI is InChI=1S/C9H6BrIO/c10-7-3-1-5-6(9(7)11)2-4-8(5)12/h1,3H,2,4H2. The molecule has 1 nitrogen and oxygen atoms in total. The number of hydrogen-bond acceptors (Lipinski definition) is 1. The summed E-state index contributed by atoms with van der Waals surface area (Å²) in [5, 5.41) is 0. The smallest absolute Gasteiger partial charge is 0.163 e. The number of halogens is 2. The molecule has 0 N–H and O–H groups in total. The van der Waals surface area contributed by atoms with Crippen LogP contribution in [0.25, 0.3) is 0 Å². The molecule has 3 heteroatoms. The summed E-state index contributed by atoms with van der Waals surface area (Å²) in [4.78, 5) is 11.3. The Morgan fingerprint density at radius 1 is 1.33 bits per heavy atom. The van der Waals surface area contributed by atoms with E-state index in [1.165, 1.54) is 9.13 Å². The van der Waals surface area contributed by atoms with Gasteiger partial charge in [0.2, 0.25) is 0 Å². The van der Waals surface area contributed by atoms with E-state index in [1.54, 1.807) is 0 Å². The highest BCUT2D eigenvalue weighted by atomic mass is 127. The van der Waals surface area contributed by atoms with Gasteiger partial charge in [-0.15, -0.1) is 0 Å². The van der Waals surface area contributed by atoms with Gasteiger partial charge < -0.3 is 0 Å². The Labute approximate surface area is 92.8 Å². The Balaban J connectivity index is 2.68.